The number of carbonyl (C=O) groups excluding carboxylic acids is 2. The van der Waals surface area contributed by atoms with Crippen LogP contribution in [0.1, 0.15) is 36.7 Å². The van der Waals surface area contributed by atoms with Crippen LogP contribution in [-0.4, -0.2) is 33.7 Å². The van der Waals surface area contributed by atoms with E-state index in [1.165, 1.54) is 23.0 Å². The van der Waals surface area contributed by atoms with Gasteiger partial charge in [0.05, 0.1) is 14.0 Å². The molecule has 2 aromatic rings. The van der Waals surface area contributed by atoms with Gasteiger partial charge in [0.1, 0.15) is 17.7 Å². The zero-order valence-electron chi connectivity index (χ0n) is 14.5. The molecule has 0 aromatic carbocycles. The van der Waals surface area contributed by atoms with Gasteiger partial charge in [0, 0.05) is 7.05 Å². The molecule has 1 amide bonds. The lowest BCUT2D eigenvalue weighted by atomic mass is 10.2. The molecule has 0 unspecified atom stereocenters. The van der Waals surface area contributed by atoms with Gasteiger partial charge in [0.25, 0.3) is 11.5 Å². The van der Waals surface area contributed by atoms with Crippen LogP contribution < -0.4 is 10.9 Å². The van der Waals surface area contributed by atoms with Crippen molar-refractivity contribution in [2.24, 2.45) is 7.05 Å². The predicted molar refractivity (Wildman–Crippen MR) is 99.3 cm³/mol. The number of aryl methyl sites for hydroxylation is 2. The van der Waals surface area contributed by atoms with Gasteiger partial charge in [-0.3, -0.25) is 14.4 Å². The van der Waals surface area contributed by atoms with E-state index in [2.05, 4.69) is 21.2 Å². The number of pyridine rings is 1. The largest absolute Gasteiger partial charge is 0.505 e. The molecule has 2 aromatic heterocycles. The Kier molecular flexibility index (Phi) is 5.29. The average molecular weight is 431 g/mol. The molecule has 0 bridgehead atoms. The number of ether oxygens (including phenoxy) is 1. The van der Waals surface area contributed by atoms with Crippen LogP contribution in [0.15, 0.2) is 8.58 Å². The highest BCUT2D eigenvalue weighted by molar-refractivity contribution is 9.11. The van der Waals surface area contributed by atoms with Crippen molar-refractivity contribution in [2.45, 2.75) is 33.3 Å². The summed E-state index contributed by atoms with van der Waals surface area (Å²) < 4.78 is 7.60. The van der Waals surface area contributed by atoms with Gasteiger partial charge in [-0.1, -0.05) is 0 Å². The molecule has 0 aliphatic rings. The molecule has 0 saturated carbocycles. The topological polar surface area (TPSA) is 97.6 Å². The number of aromatic hydroxyl groups is 1. The summed E-state index contributed by atoms with van der Waals surface area (Å²) in [6.07, 6.45) is 0. The van der Waals surface area contributed by atoms with E-state index in [-0.39, 0.29) is 0 Å². The van der Waals surface area contributed by atoms with Crippen molar-refractivity contribution in [3.63, 3.8) is 0 Å². The number of carbonyl (C=O) groups is 2. The summed E-state index contributed by atoms with van der Waals surface area (Å²) in [5, 5.41) is 12.7. The zero-order valence-corrected chi connectivity index (χ0v) is 16.9. The van der Waals surface area contributed by atoms with Crippen LogP contribution in [0, 0.1) is 6.92 Å². The third-order valence-corrected chi connectivity index (χ3v) is 5.56. The van der Waals surface area contributed by atoms with Crippen molar-refractivity contribution in [1.29, 1.82) is 0 Å². The molecule has 0 atom stereocenters. The fraction of sp³-hybridized carbons (Fsp3) is 0.438. The number of halogens is 1. The summed E-state index contributed by atoms with van der Waals surface area (Å²) >= 11 is 4.60. The predicted octanol–water partition coefficient (Wildman–Crippen LogP) is 2.45. The number of fused-ring (bicyclic) bond motifs is 1. The highest BCUT2D eigenvalue weighted by atomic mass is 79.9. The monoisotopic (exact) mass is 430 g/mol. The number of hydrogen-bond donors (Lipinski definition) is 2. The number of thiophene rings is 1. The van der Waals surface area contributed by atoms with E-state index >= 15 is 0 Å². The van der Waals surface area contributed by atoms with Crippen LogP contribution in [0.4, 0.5) is 0 Å². The molecular weight excluding hydrogens is 412 g/mol. The van der Waals surface area contributed by atoms with Crippen molar-refractivity contribution < 1.29 is 19.4 Å². The number of esters is 1. The van der Waals surface area contributed by atoms with E-state index in [4.69, 9.17) is 4.74 Å². The molecule has 0 fully saturated rings. The third kappa shape index (κ3) is 3.87. The van der Waals surface area contributed by atoms with Crippen molar-refractivity contribution in [2.75, 3.05) is 6.54 Å². The quantitative estimate of drug-likeness (QED) is 0.728. The number of aromatic nitrogens is 1. The number of amides is 1. The Morgan fingerprint density at radius 2 is 1.96 bits per heavy atom. The van der Waals surface area contributed by atoms with Crippen LogP contribution in [0.25, 0.3) is 10.2 Å². The Bertz CT molecular complexity index is 923. The van der Waals surface area contributed by atoms with Crippen molar-refractivity contribution in [1.82, 2.24) is 9.88 Å². The highest BCUT2D eigenvalue weighted by Gasteiger charge is 2.25. The normalized spacial score (nSPS) is 11.6. The van der Waals surface area contributed by atoms with Crippen molar-refractivity contribution in [3.05, 3.63) is 25.3 Å². The highest BCUT2D eigenvalue weighted by Crippen LogP contribution is 2.39. The molecule has 0 aliphatic carbocycles. The van der Waals surface area contributed by atoms with Gasteiger partial charge in [0.2, 0.25) is 0 Å². The summed E-state index contributed by atoms with van der Waals surface area (Å²) in [6, 6.07) is 0. The lowest BCUT2D eigenvalue weighted by molar-refractivity contribution is -0.153. The van der Waals surface area contributed by atoms with Gasteiger partial charge in [-0.2, -0.15) is 0 Å². The minimum atomic E-state index is -0.826. The summed E-state index contributed by atoms with van der Waals surface area (Å²) in [5.74, 6) is -1.85. The van der Waals surface area contributed by atoms with Gasteiger partial charge in [0.15, 0.2) is 5.75 Å². The number of rotatable bonds is 3. The molecule has 7 nitrogen and oxygen atoms in total. The minimum Gasteiger partial charge on any atom is -0.505 e. The van der Waals surface area contributed by atoms with Gasteiger partial charge in [-0.25, -0.2) is 0 Å². The fourth-order valence-corrected chi connectivity index (χ4v) is 4.04. The molecule has 0 spiro atoms. The summed E-state index contributed by atoms with van der Waals surface area (Å²) in [4.78, 5) is 36.5. The molecule has 136 valence electrons. The van der Waals surface area contributed by atoms with E-state index in [0.717, 1.165) is 9.35 Å². The van der Waals surface area contributed by atoms with Crippen molar-refractivity contribution in [3.8, 4) is 5.75 Å². The van der Waals surface area contributed by atoms with Crippen LogP contribution in [0.3, 0.4) is 0 Å². The maximum absolute atomic E-state index is 12.5. The summed E-state index contributed by atoms with van der Waals surface area (Å²) in [6.45, 7) is 6.53. The number of nitrogens with zero attached hydrogens (tertiary/aromatic N) is 1. The molecule has 0 radical (unpaired) electrons. The molecule has 25 heavy (non-hydrogen) atoms. The second kappa shape index (κ2) is 6.80. The average Bonchev–Trinajstić information content (AvgIpc) is 2.77. The van der Waals surface area contributed by atoms with Crippen molar-refractivity contribution >= 4 is 49.4 Å². The van der Waals surface area contributed by atoms with Crippen LogP contribution in [0.5, 0.6) is 5.75 Å². The maximum Gasteiger partial charge on any atom is 0.325 e. The van der Waals surface area contributed by atoms with Gasteiger partial charge < -0.3 is 19.7 Å². The first-order valence-electron chi connectivity index (χ1n) is 7.44. The second-order valence-electron chi connectivity index (χ2n) is 6.54. The molecule has 9 heteroatoms. The van der Waals surface area contributed by atoms with E-state index in [0.29, 0.717) is 10.2 Å². The van der Waals surface area contributed by atoms with E-state index < -0.39 is 40.9 Å². The Balaban J connectivity index is 2.36. The van der Waals surface area contributed by atoms with Crippen LogP contribution in [-0.2, 0) is 16.6 Å². The molecule has 0 aliphatic heterocycles. The Morgan fingerprint density at radius 1 is 1.36 bits per heavy atom. The van der Waals surface area contributed by atoms with E-state index in [1.807, 2.05) is 6.92 Å². The zero-order chi connectivity index (χ0) is 19.1. The van der Waals surface area contributed by atoms with Crippen LogP contribution in [0.2, 0.25) is 0 Å². The first kappa shape index (κ1) is 19.5. The molecule has 0 saturated heterocycles. The maximum atomic E-state index is 12.5. The second-order valence-corrected chi connectivity index (χ2v) is 8.87. The number of nitrogens with one attached hydrogen (secondary N) is 1. The number of hydrogen-bond acceptors (Lipinski definition) is 6. The van der Waals surface area contributed by atoms with Gasteiger partial charge in [-0.05, 0) is 49.2 Å². The van der Waals surface area contributed by atoms with E-state index in [1.54, 1.807) is 20.8 Å². The Morgan fingerprint density at radius 3 is 2.52 bits per heavy atom. The SMILES string of the molecule is Cc1c(Br)sc2c(O)c(C(=O)NCC(=O)OC(C)(C)C)c(=O)n(C)c12. The van der Waals surface area contributed by atoms with Gasteiger partial charge in [-0.15, -0.1) is 11.3 Å². The fourth-order valence-electron chi connectivity index (χ4n) is 2.35. The van der Waals surface area contributed by atoms with Gasteiger partial charge >= 0.3 is 5.97 Å². The molecule has 2 rings (SSSR count). The molecular formula is C16H19BrN2O5S. The minimum absolute atomic E-state index is 0.390. The third-order valence-electron chi connectivity index (χ3n) is 3.40. The van der Waals surface area contributed by atoms with Crippen LogP contribution >= 0.6 is 27.3 Å². The molecule has 2 N–H and O–H groups in total. The van der Waals surface area contributed by atoms with E-state index in [9.17, 15) is 19.5 Å². The Labute approximate surface area is 156 Å². The lowest BCUT2D eigenvalue weighted by Gasteiger charge is -2.19. The first-order chi connectivity index (χ1) is 11.4. The first-order valence-corrected chi connectivity index (χ1v) is 9.05. The summed E-state index contributed by atoms with van der Waals surface area (Å²) in [5.41, 5.74) is -0.356. The Hall–Kier alpha value is -1.87. The lowest BCUT2D eigenvalue weighted by Crippen LogP contribution is -2.37. The molecule has 2 heterocycles. The summed E-state index contributed by atoms with van der Waals surface area (Å²) in [7, 11) is 1.53. The standard InChI is InChI=1S/C16H19BrN2O5S/c1-7-10-12(25-13(7)17)11(21)9(15(23)19(10)5)14(22)18-6-8(20)24-16(2,3)4/h21H,6H2,1-5H3,(H,18,22). The smallest absolute Gasteiger partial charge is 0.325 e.